The second-order valence-corrected chi connectivity index (χ2v) is 8.68. The van der Waals surface area contributed by atoms with Gasteiger partial charge in [-0.05, 0) is 42.0 Å². The van der Waals surface area contributed by atoms with Crippen LogP contribution in [0.3, 0.4) is 0 Å². The van der Waals surface area contributed by atoms with Crippen molar-refractivity contribution >= 4 is 11.8 Å². The smallest absolute Gasteiger partial charge is 0.274 e. The van der Waals surface area contributed by atoms with Crippen LogP contribution in [0.5, 0.6) is 0 Å². The molecule has 0 bridgehead atoms. The summed E-state index contributed by atoms with van der Waals surface area (Å²) in [6, 6.07) is 20.1. The number of aromatic nitrogens is 2. The Balaban J connectivity index is 1.68. The Morgan fingerprint density at radius 3 is 2.61 bits per heavy atom. The lowest BCUT2D eigenvalue weighted by Crippen LogP contribution is -2.54. The summed E-state index contributed by atoms with van der Waals surface area (Å²) in [7, 11) is 1.79. The molecule has 3 aromatic rings. The molecule has 2 amide bonds. The maximum absolute atomic E-state index is 13.5. The van der Waals surface area contributed by atoms with Crippen molar-refractivity contribution in [2.24, 2.45) is 12.5 Å². The molecule has 0 saturated carbocycles. The minimum Gasteiger partial charge on any atom is -0.352 e. The first-order chi connectivity index (χ1) is 16.0. The van der Waals surface area contributed by atoms with Crippen molar-refractivity contribution in [2.75, 3.05) is 19.6 Å². The molecule has 4 rings (SSSR count). The molecular weight excluding hydrogens is 412 g/mol. The number of nitrogens with one attached hydrogen (secondary N) is 1. The monoisotopic (exact) mass is 442 g/mol. The van der Waals surface area contributed by atoms with E-state index in [0.29, 0.717) is 38.2 Å². The molecule has 1 N–H and O–H groups in total. The molecule has 1 aliphatic heterocycles. The molecule has 33 heavy (non-hydrogen) atoms. The van der Waals surface area contributed by atoms with E-state index >= 15 is 0 Å². The fourth-order valence-electron chi connectivity index (χ4n) is 4.70. The van der Waals surface area contributed by atoms with Gasteiger partial charge in [0.15, 0.2) is 0 Å². The van der Waals surface area contributed by atoms with Gasteiger partial charge < -0.3 is 10.2 Å². The summed E-state index contributed by atoms with van der Waals surface area (Å²) in [6.07, 6.45) is 5.46. The van der Waals surface area contributed by atoms with Crippen LogP contribution in [-0.4, -0.2) is 46.1 Å². The van der Waals surface area contributed by atoms with Crippen molar-refractivity contribution in [3.63, 3.8) is 0 Å². The van der Waals surface area contributed by atoms with Crippen LogP contribution in [-0.2, 0) is 18.3 Å². The molecule has 1 aromatic heterocycles. The summed E-state index contributed by atoms with van der Waals surface area (Å²) in [5.41, 5.74) is 3.01. The zero-order valence-corrected chi connectivity index (χ0v) is 19.0. The Labute approximate surface area is 194 Å². The Hall–Kier alpha value is -3.67. The molecule has 0 spiro atoms. The Kier molecular flexibility index (Phi) is 6.73. The number of rotatable bonds is 7. The second kappa shape index (κ2) is 9.86. The van der Waals surface area contributed by atoms with Crippen LogP contribution < -0.4 is 5.32 Å². The van der Waals surface area contributed by atoms with E-state index in [2.05, 4.69) is 41.3 Å². The summed E-state index contributed by atoms with van der Waals surface area (Å²) < 4.78 is 1.62. The van der Waals surface area contributed by atoms with Gasteiger partial charge in [0.25, 0.3) is 5.91 Å². The Morgan fingerprint density at radius 1 is 1.12 bits per heavy atom. The predicted molar refractivity (Wildman–Crippen MR) is 130 cm³/mol. The first-order valence-electron chi connectivity index (χ1n) is 11.3. The van der Waals surface area contributed by atoms with Crippen LogP contribution in [0.1, 0.15) is 28.9 Å². The number of hydrogen-bond donors (Lipinski definition) is 1. The molecule has 1 atom stereocenters. The van der Waals surface area contributed by atoms with E-state index in [4.69, 9.17) is 0 Å². The average molecular weight is 443 g/mol. The first kappa shape index (κ1) is 22.5. The molecule has 1 saturated heterocycles. The standard InChI is InChI=1S/C27H30N4O2/c1-3-16-28-26(33)27(15-9-17-31(20-27)25(32)24-14-18-30(2)29-24)19-22-12-7-8-13-23(22)21-10-5-4-6-11-21/h3-8,10-14,18H,1,9,15-17,19-20H2,2H3,(H,28,33). The third kappa shape index (κ3) is 4.90. The van der Waals surface area contributed by atoms with E-state index in [9.17, 15) is 9.59 Å². The SMILES string of the molecule is C=CCNC(=O)C1(Cc2ccccc2-c2ccccc2)CCCN(C(=O)c2ccn(C)n2)C1. The van der Waals surface area contributed by atoms with E-state index in [0.717, 1.165) is 23.1 Å². The van der Waals surface area contributed by atoms with Crippen molar-refractivity contribution in [1.29, 1.82) is 0 Å². The van der Waals surface area contributed by atoms with Crippen molar-refractivity contribution in [3.05, 3.63) is 90.8 Å². The Bertz CT molecular complexity index is 1140. The van der Waals surface area contributed by atoms with Gasteiger partial charge in [-0.15, -0.1) is 6.58 Å². The maximum Gasteiger partial charge on any atom is 0.274 e. The van der Waals surface area contributed by atoms with Crippen LogP contribution in [0.25, 0.3) is 11.1 Å². The molecule has 1 unspecified atom stereocenters. The van der Waals surface area contributed by atoms with E-state index in [1.54, 1.807) is 35.0 Å². The highest BCUT2D eigenvalue weighted by Gasteiger charge is 2.44. The molecule has 2 heterocycles. The lowest BCUT2D eigenvalue weighted by atomic mass is 9.73. The molecule has 1 aliphatic rings. The average Bonchev–Trinajstić information content (AvgIpc) is 3.29. The molecule has 6 nitrogen and oxygen atoms in total. The number of nitrogens with zero attached hydrogens (tertiary/aromatic N) is 3. The predicted octanol–water partition coefficient (Wildman–Crippen LogP) is 3.85. The van der Waals surface area contributed by atoms with Gasteiger partial charge in [-0.3, -0.25) is 14.3 Å². The molecule has 1 fully saturated rings. The fourth-order valence-corrected chi connectivity index (χ4v) is 4.70. The molecular formula is C27H30N4O2. The molecule has 6 heteroatoms. The topological polar surface area (TPSA) is 67.2 Å². The highest BCUT2D eigenvalue weighted by Crippen LogP contribution is 2.37. The minimum absolute atomic E-state index is 0.0382. The number of aryl methyl sites for hydroxylation is 1. The van der Waals surface area contributed by atoms with Gasteiger partial charge >= 0.3 is 0 Å². The fraction of sp³-hybridized carbons (Fsp3) is 0.296. The van der Waals surface area contributed by atoms with Gasteiger partial charge in [0.05, 0.1) is 5.41 Å². The third-order valence-corrected chi connectivity index (χ3v) is 6.32. The summed E-state index contributed by atoms with van der Waals surface area (Å²) >= 11 is 0. The van der Waals surface area contributed by atoms with Gasteiger partial charge in [-0.25, -0.2) is 0 Å². The van der Waals surface area contributed by atoms with Crippen LogP contribution in [0.2, 0.25) is 0 Å². The van der Waals surface area contributed by atoms with E-state index in [-0.39, 0.29) is 11.8 Å². The van der Waals surface area contributed by atoms with Gasteiger partial charge in [-0.2, -0.15) is 5.10 Å². The lowest BCUT2D eigenvalue weighted by molar-refractivity contribution is -0.133. The largest absolute Gasteiger partial charge is 0.352 e. The summed E-state index contributed by atoms with van der Waals surface area (Å²) in [5, 5.41) is 7.29. The number of carbonyl (C=O) groups excluding carboxylic acids is 2. The van der Waals surface area contributed by atoms with E-state index in [1.165, 1.54) is 0 Å². The number of piperidine rings is 1. The molecule has 0 radical (unpaired) electrons. The zero-order chi connectivity index (χ0) is 23.3. The second-order valence-electron chi connectivity index (χ2n) is 8.68. The van der Waals surface area contributed by atoms with Gasteiger partial charge in [0.1, 0.15) is 5.69 Å². The first-order valence-corrected chi connectivity index (χ1v) is 11.3. The number of amides is 2. The summed E-state index contributed by atoms with van der Waals surface area (Å²) in [4.78, 5) is 28.5. The summed E-state index contributed by atoms with van der Waals surface area (Å²) in [5.74, 6) is -0.170. The maximum atomic E-state index is 13.5. The van der Waals surface area contributed by atoms with Crippen LogP contribution in [0.15, 0.2) is 79.5 Å². The Morgan fingerprint density at radius 2 is 1.88 bits per heavy atom. The van der Waals surface area contributed by atoms with Crippen molar-refractivity contribution in [3.8, 4) is 11.1 Å². The number of benzene rings is 2. The van der Waals surface area contributed by atoms with Crippen molar-refractivity contribution < 1.29 is 9.59 Å². The minimum atomic E-state index is -0.726. The normalized spacial score (nSPS) is 18.0. The van der Waals surface area contributed by atoms with Gasteiger partial charge in [-0.1, -0.05) is 60.7 Å². The number of likely N-dealkylation sites (tertiary alicyclic amines) is 1. The number of hydrogen-bond acceptors (Lipinski definition) is 3. The van der Waals surface area contributed by atoms with Crippen molar-refractivity contribution in [2.45, 2.75) is 19.3 Å². The molecule has 170 valence electrons. The molecule has 0 aliphatic carbocycles. The lowest BCUT2D eigenvalue weighted by Gasteiger charge is -2.42. The highest BCUT2D eigenvalue weighted by molar-refractivity contribution is 5.93. The van der Waals surface area contributed by atoms with E-state index in [1.807, 2.05) is 30.3 Å². The van der Waals surface area contributed by atoms with Gasteiger partial charge in [0, 0.05) is 32.9 Å². The van der Waals surface area contributed by atoms with E-state index < -0.39 is 5.41 Å². The van der Waals surface area contributed by atoms with Gasteiger partial charge in [0.2, 0.25) is 5.91 Å². The van der Waals surface area contributed by atoms with Crippen LogP contribution >= 0.6 is 0 Å². The summed E-state index contributed by atoms with van der Waals surface area (Å²) in [6.45, 7) is 5.10. The van der Waals surface area contributed by atoms with Crippen LogP contribution in [0.4, 0.5) is 0 Å². The van der Waals surface area contributed by atoms with Crippen molar-refractivity contribution in [1.82, 2.24) is 20.0 Å². The highest BCUT2D eigenvalue weighted by atomic mass is 16.2. The quantitative estimate of drug-likeness (QED) is 0.565. The number of carbonyl (C=O) groups is 2. The zero-order valence-electron chi connectivity index (χ0n) is 19.0. The molecule has 2 aromatic carbocycles. The third-order valence-electron chi connectivity index (χ3n) is 6.32. The van der Waals surface area contributed by atoms with Crippen LogP contribution in [0, 0.1) is 5.41 Å².